The van der Waals surface area contributed by atoms with Crippen molar-refractivity contribution in [3.05, 3.63) is 29.6 Å². The molecule has 0 amide bonds. The zero-order valence-corrected chi connectivity index (χ0v) is 9.94. The lowest BCUT2D eigenvalue weighted by Crippen LogP contribution is -2.27. The average Bonchev–Trinajstić information content (AvgIpc) is 2.35. The van der Waals surface area contributed by atoms with Gasteiger partial charge in [-0.15, -0.1) is 0 Å². The van der Waals surface area contributed by atoms with Crippen molar-refractivity contribution < 1.29 is 23.8 Å². The van der Waals surface area contributed by atoms with E-state index < -0.39 is 23.8 Å². The average molecular weight is 242 g/mol. The summed E-state index contributed by atoms with van der Waals surface area (Å²) < 4.78 is 22.6. The third kappa shape index (κ3) is 2.94. The number of methoxy groups -OCH3 is 2. The second-order valence-corrected chi connectivity index (χ2v) is 3.65. The first kappa shape index (κ1) is 13.4. The molecule has 0 radical (unpaired) electrons. The zero-order valence-electron chi connectivity index (χ0n) is 9.94. The molecule has 2 unspecified atom stereocenters. The van der Waals surface area contributed by atoms with Crippen LogP contribution in [0.2, 0.25) is 0 Å². The SMILES string of the molecule is COC(=O)C(O)C(C)c1ccc(OC)c(F)c1. The van der Waals surface area contributed by atoms with Crippen molar-refractivity contribution in [2.75, 3.05) is 14.2 Å². The molecule has 0 bridgehead atoms. The highest BCUT2D eigenvalue weighted by Crippen LogP contribution is 2.25. The molecule has 0 aromatic heterocycles. The summed E-state index contributed by atoms with van der Waals surface area (Å²) >= 11 is 0. The summed E-state index contributed by atoms with van der Waals surface area (Å²) in [4.78, 5) is 11.1. The highest BCUT2D eigenvalue weighted by Gasteiger charge is 2.25. The Labute approximate surface area is 99.0 Å². The van der Waals surface area contributed by atoms with Crippen LogP contribution in [0.5, 0.6) is 5.75 Å². The van der Waals surface area contributed by atoms with Gasteiger partial charge in [-0.3, -0.25) is 0 Å². The first-order chi connectivity index (χ1) is 8.01. The Balaban J connectivity index is 2.93. The van der Waals surface area contributed by atoms with Crippen LogP contribution in [0.1, 0.15) is 18.4 Å². The first-order valence-electron chi connectivity index (χ1n) is 5.10. The molecule has 94 valence electrons. The lowest BCUT2D eigenvalue weighted by molar-refractivity contribution is -0.151. The molecule has 1 N–H and O–H groups in total. The predicted octanol–water partition coefficient (Wildman–Crippen LogP) is 1.47. The molecule has 0 aliphatic heterocycles. The van der Waals surface area contributed by atoms with Gasteiger partial charge >= 0.3 is 5.97 Å². The lowest BCUT2D eigenvalue weighted by atomic mass is 9.95. The van der Waals surface area contributed by atoms with Gasteiger partial charge in [0.2, 0.25) is 0 Å². The Kier molecular flexibility index (Phi) is 4.45. The molecule has 0 heterocycles. The van der Waals surface area contributed by atoms with Crippen LogP contribution in [0, 0.1) is 5.82 Å². The summed E-state index contributed by atoms with van der Waals surface area (Å²) in [6, 6.07) is 4.28. The number of aliphatic hydroxyl groups is 1. The fourth-order valence-corrected chi connectivity index (χ4v) is 1.47. The zero-order chi connectivity index (χ0) is 13.0. The molecule has 17 heavy (non-hydrogen) atoms. The maximum atomic E-state index is 13.4. The smallest absolute Gasteiger partial charge is 0.335 e. The molecule has 1 aromatic rings. The van der Waals surface area contributed by atoms with Gasteiger partial charge in [0.25, 0.3) is 0 Å². The highest BCUT2D eigenvalue weighted by molar-refractivity contribution is 5.75. The van der Waals surface area contributed by atoms with Gasteiger partial charge in [-0.1, -0.05) is 13.0 Å². The van der Waals surface area contributed by atoms with Crippen molar-refractivity contribution in [2.45, 2.75) is 18.9 Å². The molecular weight excluding hydrogens is 227 g/mol. The quantitative estimate of drug-likeness (QED) is 0.812. The number of esters is 1. The number of aliphatic hydroxyl groups excluding tert-OH is 1. The first-order valence-corrected chi connectivity index (χ1v) is 5.10. The number of carbonyl (C=O) groups is 1. The standard InChI is InChI=1S/C12H15FO4/c1-7(11(14)12(15)17-3)8-4-5-10(16-2)9(13)6-8/h4-7,11,14H,1-3H3. The van der Waals surface area contributed by atoms with E-state index >= 15 is 0 Å². The Hall–Kier alpha value is -1.62. The summed E-state index contributed by atoms with van der Waals surface area (Å²) in [6.07, 6.45) is -1.31. The van der Waals surface area contributed by atoms with Crippen molar-refractivity contribution in [3.63, 3.8) is 0 Å². The lowest BCUT2D eigenvalue weighted by Gasteiger charge is -2.17. The van der Waals surface area contributed by atoms with Gasteiger partial charge < -0.3 is 14.6 Å². The van der Waals surface area contributed by atoms with E-state index in [4.69, 9.17) is 4.74 Å². The van der Waals surface area contributed by atoms with Crippen LogP contribution in [0.3, 0.4) is 0 Å². The highest BCUT2D eigenvalue weighted by atomic mass is 19.1. The topological polar surface area (TPSA) is 55.8 Å². The van der Waals surface area contributed by atoms with E-state index in [0.29, 0.717) is 5.56 Å². The van der Waals surface area contributed by atoms with Crippen molar-refractivity contribution in [2.24, 2.45) is 0 Å². The van der Waals surface area contributed by atoms with E-state index in [1.807, 2.05) is 0 Å². The molecule has 1 aromatic carbocycles. The van der Waals surface area contributed by atoms with E-state index in [1.165, 1.54) is 26.4 Å². The maximum absolute atomic E-state index is 13.4. The molecule has 0 aliphatic rings. The van der Waals surface area contributed by atoms with Crippen LogP contribution < -0.4 is 4.74 Å². The summed E-state index contributed by atoms with van der Waals surface area (Å²) in [5, 5.41) is 9.63. The van der Waals surface area contributed by atoms with Crippen molar-refractivity contribution in [3.8, 4) is 5.75 Å². The van der Waals surface area contributed by atoms with Crippen LogP contribution in [0.15, 0.2) is 18.2 Å². The van der Waals surface area contributed by atoms with E-state index in [9.17, 15) is 14.3 Å². The molecule has 1 rings (SSSR count). The van der Waals surface area contributed by atoms with Gasteiger partial charge in [0.1, 0.15) is 0 Å². The van der Waals surface area contributed by atoms with Gasteiger partial charge in [0, 0.05) is 5.92 Å². The van der Waals surface area contributed by atoms with Gasteiger partial charge in [-0.25, -0.2) is 9.18 Å². The number of rotatable bonds is 4. The predicted molar refractivity (Wildman–Crippen MR) is 59.4 cm³/mol. The van der Waals surface area contributed by atoms with E-state index in [2.05, 4.69) is 4.74 Å². The number of hydrogen-bond donors (Lipinski definition) is 1. The fourth-order valence-electron chi connectivity index (χ4n) is 1.47. The monoisotopic (exact) mass is 242 g/mol. The number of carbonyl (C=O) groups excluding carboxylic acids is 1. The van der Waals surface area contributed by atoms with Crippen LogP contribution in [-0.2, 0) is 9.53 Å². The number of benzene rings is 1. The molecule has 5 heteroatoms. The summed E-state index contributed by atoms with van der Waals surface area (Å²) in [5.41, 5.74) is 0.501. The van der Waals surface area contributed by atoms with Crippen molar-refractivity contribution >= 4 is 5.97 Å². The Morgan fingerprint density at radius 2 is 2.06 bits per heavy atom. The van der Waals surface area contributed by atoms with Crippen LogP contribution in [0.25, 0.3) is 0 Å². The molecular formula is C12H15FO4. The van der Waals surface area contributed by atoms with Gasteiger partial charge in [-0.05, 0) is 17.7 Å². The van der Waals surface area contributed by atoms with E-state index in [1.54, 1.807) is 13.0 Å². The number of halogens is 1. The maximum Gasteiger partial charge on any atom is 0.335 e. The minimum atomic E-state index is -1.31. The van der Waals surface area contributed by atoms with Crippen LogP contribution in [0.4, 0.5) is 4.39 Å². The largest absolute Gasteiger partial charge is 0.494 e. The minimum absolute atomic E-state index is 0.119. The Morgan fingerprint density at radius 1 is 1.41 bits per heavy atom. The van der Waals surface area contributed by atoms with Gasteiger partial charge in [0.05, 0.1) is 14.2 Å². The molecule has 0 fully saturated rings. The Bertz CT molecular complexity index is 405. The second-order valence-electron chi connectivity index (χ2n) is 3.65. The second kappa shape index (κ2) is 5.63. The molecule has 0 saturated heterocycles. The van der Waals surface area contributed by atoms with Crippen LogP contribution >= 0.6 is 0 Å². The summed E-state index contributed by atoms with van der Waals surface area (Å²) in [6.45, 7) is 1.61. The third-order valence-corrected chi connectivity index (χ3v) is 2.62. The minimum Gasteiger partial charge on any atom is -0.494 e. The van der Waals surface area contributed by atoms with E-state index in [0.717, 1.165) is 0 Å². The number of ether oxygens (including phenoxy) is 2. The van der Waals surface area contributed by atoms with Gasteiger partial charge in [-0.2, -0.15) is 0 Å². The molecule has 4 nitrogen and oxygen atoms in total. The molecule has 0 aliphatic carbocycles. The van der Waals surface area contributed by atoms with E-state index in [-0.39, 0.29) is 5.75 Å². The summed E-state index contributed by atoms with van der Waals surface area (Å²) in [5.74, 6) is -1.71. The number of hydrogen-bond acceptors (Lipinski definition) is 4. The van der Waals surface area contributed by atoms with Gasteiger partial charge in [0.15, 0.2) is 17.7 Å². The molecule has 2 atom stereocenters. The fraction of sp³-hybridized carbons (Fsp3) is 0.417. The molecule has 0 saturated carbocycles. The third-order valence-electron chi connectivity index (χ3n) is 2.62. The normalized spacial score (nSPS) is 13.9. The molecule has 0 spiro atoms. The van der Waals surface area contributed by atoms with Crippen LogP contribution in [-0.4, -0.2) is 31.4 Å². The Morgan fingerprint density at radius 3 is 2.53 bits per heavy atom. The van der Waals surface area contributed by atoms with Crippen molar-refractivity contribution in [1.29, 1.82) is 0 Å². The van der Waals surface area contributed by atoms with Crippen molar-refractivity contribution in [1.82, 2.24) is 0 Å². The summed E-state index contributed by atoms with van der Waals surface area (Å²) in [7, 11) is 2.55.